The van der Waals surface area contributed by atoms with Crippen LogP contribution in [0.5, 0.6) is 0 Å². The van der Waals surface area contributed by atoms with Crippen LogP contribution in [0.15, 0.2) is 34.2 Å². The van der Waals surface area contributed by atoms with Gasteiger partial charge < -0.3 is 24.4 Å². The van der Waals surface area contributed by atoms with Crippen LogP contribution in [0.2, 0.25) is 0 Å². The molecule has 0 saturated carbocycles. The number of benzene rings is 1. The van der Waals surface area contributed by atoms with Crippen molar-refractivity contribution in [3.8, 4) is 0 Å². The number of hydrogen-bond donors (Lipinski definition) is 2. The van der Waals surface area contributed by atoms with E-state index in [2.05, 4.69) is 38.1 Å². The van der Waals surface area contributed by atoms with E-state index in [0.717, 1.165) is 90.2 Å². The number of aromatic nitrogens is 3. The van der Waals surface area contributed by atoms with Gasteiger partial charge in [-0.05, 0) is 106 Å². The van der Waals surface area contributed by atoms with E-state index in [9.17, 15) is 14.4 Å². The smallest absolute Gasteiger partial charge is 0.410 e. The number of pyridine rings is 1. The molecule has 4 aliphatic rings. The Kier molecular flexibility index (Phi) is 9.61. The van der Waals surface area contributed by atoms with E-state index in [1.807, 2.05) is 24.0 Å². The molecule has 12 heteroatoms. The van der Waals surface area contributed by atoms with Crippen LogP contribution in [0, 0.1) is 6.92 Å². The molecule has 2 N–H and O–H groups in total. The first-order valence-electron chi connectivity index (χ1n) is 17.3. The van der Waals surface area contributed by atoms with Crippen LogP contribution in [-0.4, -0.2) is 124 Å². The number of hydrogen-bond acceptors (Lipinski definition) is 8. The van der Waals surface area contributed by atoms with E-state index in [1.54, 1.807) is 22.9 Å². The molecule has 3 saturated heterocycles. The van der Waals surface area contributed by atoms with Crippen LogP contribution < -0.4 is 5.56 Å². The Morgan fingerprint density at radius 1 is 1.00 bits per heavy atom. The lowest BCUT2D eigenvalue weighted by Crippen LogP contribution is -2.56. The molecule has 2 aromatic heterocycles. The van der Waals surface area contributed by atoms with Crippen molar-refractivity contribution in [2.24, 2.45) is 0 Å². The number of nitrogens with zero attached hydrogens (tertiary/aromatic N) is 5. The summed E-state index contributed by atoms with van der Waals surface area (Å²) in [6.45, 7) is 8.19. The second-order valence-corrected chi connectivity index (χ2v) is 14.9. The van der Waals surface area contributed by atoms with Gasteiger partial charge in [0.25, 0.3) is 11.5 Å². The molecule has 2 amide bonds. The van der Waals surface area contributed by atoms with Gasteiger partial charge in [-0.1, -0.05) is 6.07 Å². The first kappa shape index (κ1) is 32.2. The highest BCUT2D eigenvalue weighted by molar-refractivity contribution is 7.99. The normalized spacial score (nSPS) is 21.1. The highest BCUT2D eigenvalue weighted by Gasteiger charge is 2.35. The van der Waals surface area contributed by atoms with Crippen molar-refractivity contribution in [1.82, 2.24) is 34.8 Å². The van der Waals surface area contributed by atoms with Crippen LogP contribution in [0.3, 0.4) is 0 Å². The maximum atomic E-state index is 14.1. The number of rotatable bonds is 6. The Morgan fingerprint density at radius 3 is 2.53 bits per heavy atom. The minimum absolute atomic E-state index is 0.00866. The molecule has 0 bridgehead atoms. The van der Waals surface area contributed by atoms with Gasteiger partial charge in [-0.25, -0.2) is 4.79 Å². The van der Waals surface area contributed by atoms with Gasteiger partial charge in [0.2, 0.25) is 0 Å². The zero-order valence-corrected chi connectivity index (χ0v) is 28.4. The molecule has 1 unspecified atom stereocenters. The minimum Gasteiger partial charge on any atom is -0.436 e. The van der Waals surface area contributed by atoms with Gasteiger partial charge in [0.1, 0.15) is 0 Å². The lowest BCUT2D eigenvalue weighted by atomic mass is 9.89. The number of fused-ring (bicyclic) bond motifs is 2. The lowest BCUT2D eigenvalue weighted by Gasteiger charge is -2.42. The standard InChI is InChI=1S/C35H47N7O4S/c1-23-18-24(19-27-22-36-38-31(23)27)20-30(34(44)41-15-13-40(14-16-41)28-7-9-39(2)10-8-28)46-35(45)42-11-5-25(6-12-42)29-21-26-4-3-17-47-33(26)37-32(29)43/h18-19,21-22,25,28,30H,3-17,20H2,1-2H3,(H,36,38)(H,37,43). The predicted octanol–water partition coefficient (Wildman–Crippen LogP) is 3.76. The molecule has 11 nitrogen and oxygen atoms in total. The van der Waals surface area contributed by atoms with Crippen molar-refractivity contribution in [1.29, 1.82) is 0 Å². The Labute approximate surface area is 280 Å². The number of aryl methyl sites for hydroxylation is 2. The molecular formula is C35H47N7O4S. The number of thioether (sulfide) groups is 1. The molecule has 4 aliphatic heterocycles. The number of ether oxygens (including phenoxy) is 1. The molecule has 0 spiro atoms. The van der Waals surface area contributed by atoms with Gasteiger partial charge in [-0.2, -0.15) is 5.10 Å². The maximum Gasteiger partial charge on any atom is 0.410 e. The van der Waals surface area contributed by atoms with Gasteiger partial charge >= 0.3 is 6.09 Å². The third kappa shape index (κ3) is 7.10. The first-order valence-corrected chi connectivity index (χ1v) is 18.3. The van der Waals surface area contributed by atoms with Crippen molar-refractivity contribution in [2.45, 2.75) is 75.0 Å². The summed E-state index contributed by atoms with van der Waals surface area (Å²) in [4.78, 5) is 52.3. The van der Waals surface area contributed by atoms with E-state index < -0.39 is 12.2 Å². The average molecular weight is 662 g/mol. The zero-order chi connectivity index (χ0) is 32.5. The average Bonchev–Trinajstić information content (AvgIpc) is 3.57. The molecule has 7 rings (SSSR count). The summed E-state index contributed by atoms with van der Waals surface area (Å²) in [6.07, 6.45) is 6.55. The van der Waals surface area contributed by atoms with Crippen LogP contribution in [-0.2, 0) is 22.4 Å². The number of nitrogens with one attached hydrogen (secondary N) is 2. The summed E-state index contributed by atoms with van der Waals surface area (Å²) in [5, 5.41) is 9.20. The minimum atomic E-state index is -0.917. The molecule has 1 aromatic carbocycles. The second-order valence-electron chi connectivity index (χ2n) is 13.8. The highest BCUT2D eigenvalue weighted by atomic mass is 32.2. The summed E-state index contributed by atoms with van der Waals surface area (Å²) < 4.78 is 6.12. The van der Waals surface area contributed by atoms with Crippen molar-refractivity contribution < 1.29 is 14.3 Å². The number of aromatic amines is 2. The van der Waals surface area contributed by atoms with Crippen molar-refractivity contribution in [2.75, 3.05) is 65.2 Å². The number of H-pyrrole nitrogens is 2. The van der Waals surface area contributed by atoms with Gasteiger partial charge in [0.05, 0.1) is 16.7 Å². The summed E-state index contributed by atoms with van der Waals surface area (Å²) in [5.41, 5.74) is 5.00. The Hall–Kier alpha value is -3.35. The highest BCUT2D eigenvalue weighted by Crippen LogP contribution is 2.32. The molecule has 3 fully saturated rings. The monoisotopic (exact) mass is 661 g/mol. The first-order chi connectivity index (χ1) is 22.8. The van der Waals surface area contributed by atoms with E-state index in [0.29, 0.717) is 51.5 Å². The third-order valence-corrected chi connectivity index (χ3v) is 11.9. The number of carbonyl (C=O) groups excluding carboxylic acids is 2. The van der Waals surface area contributed by atoms with Gasteiger partial charge in [-0.15, -0.1) is 11.8 Å². The molecule has 6 heterocycles. The Bertz CT molecular complexity index is 1650. The summed E-state index contributed by atoms with van der Waals surface area (Å²) >= 11 is 1.72. The van der Waals surface area contributed by atoms with Crippen LogP contribution >= 0.6 is 11.8 Å². The predicted molar refractivity (Wildman–Crippen MR) is 183 cm³/mol. The molecule has 0 aliphatic carbocycles. The van der Waals surface area contributed by atoms with E-state index >= 15 is 0 Å². The fourth-order valence-corrected chi connectivity index (χ4v) is 8.90. The second kappa shape index (κ2) is 14.0. The quantitative estimate of drug-likeness (QED) is 0.410. The van der Waals surface area contributed by atoms with Crippen LogP contribution in [0.1, 0.15) is 60.3 Å². The van der Waals surface area contributed by atoms with Gasteiger partial charge in [0.15, 0.2) is 6.10 Å². The van der Waals surface area contributed by atoms with Crippen LogP contribution in [0.25, 0.3) is 10.9 Å². The summed E-state index contributed by atoms with van der Waals surface area (Å²) in [7, 11) is 2.18. The fraction of sp³-hybridized carbons (Fsp3) is 0.600. The molecule has 0 radical (unpaired) electrons. The number of amides is 2. The lowest BCUT2D eigenvalue weighted by molar-refractivity contribution is -0.143. The van der Waals surface area contributed by atoms with Crippen molar-refractivity contribution in [3.63, 3.8) is 0 Å². The Morgan fingerprint density at radius 2 is 1.77 bits per heavy atom. The molecule has 1 atom stereocenters. The molecular weight excluding hydrogens is 614 g/mol. The number of piperazine rings is 1. The van der Waals surface area contributed by atoms with E-state index in [1.165, 1.54) is 5.56 Å². The number of likely N-dealkylation sites (tertiary alicyclic amines) is 2. The summed E-state index contributed by atoms with van der Waals surface area (Å²) in [5.74, 6) is 1.01. The Balaban J connectivity index is 1.02. The topological polar surface area (TPSA) is 118 Å². The number of carbonyl (C=O) groups is 2. The molecule has 252 valence electrons. The molecule has 47 heavy (non-hydrogen) atoms. The molecule has 3 aromatic rings. The third-order valence-electron chi connectivity index (χ3n) is 10.7. The van der Waals surface area contributed by atoms with E-state index in [4.69, 9.17) is 4.74 Å². The fourth-order valence-electron chi connectivity index (χ4n) is 7.89. The van der Waals surface area contributed by atoms with Crippen molar-refractivity contribution in [3.05, 3.63) is 57.0 Å². The largest absolute Gasteiger partial charge is 0.436 e. The van der Waals surface area contributed by atoms with Gasteiger partial charge in [0, 0.05) is 62.7 Å². The van der Waals surface area contributed by atoms with Crippen LogP contribution in [0.4, 0.5) is 4.79 Å². The summed E-state index contributed by atoms with van der Waals surface area (Å²) in [6, 6.07) is 6.74. The van der Waals surface area contributed by atoms with E-state index in [-0.39, 0.29) is 17.4 Å². The van der Waals surface area contributed by atoms with Gasteiger partial charge in [-0.3, -0.25) is 19.6 Å². The number of piperidine rings is 2. The zero-order valence-electron chi connectivity index (χ0n) is 27.6. The van der Waals surface area contributed by atoms with Crippen molar-refractivity contribution >= 4 is 34.7 Å². The maximum absolute atomic E-state index is 14.1. The SMILES string of the molecule is Cc1cc(CC(OC(=O)N2CCC(c3cc4c([nH]c3=O)SCCC4)CC2)C(=O)N2CCN(C3CCN(C)CC3)CC2)cc2cn[nH]c12.